The van der Waals surface area contributed by atoms with Gasteiger partial charge in [0.15, 0.2) is 28.8 Å². The number of H-pyrrole nitrogens is 1. The number of anilines is 1. The van der Waals surface area contributed by atoms with Crippen molar-refractivity contribution in [2.24, 2.45) is 5.92 Å². The molecule has 0 aliphatic heterocycles. The molecule has 41 heavy (non-hydrogen) atoms. The van der Waals surface area contributed by atoms with Crippen molar-refractivity contribution in [1.82, 2.24) is 25.0 Å². The third kappa shape index (κ3) is 5.29. The third-order valence-corrected chi connectivity index (χ3v) is 7.06. The van der Waals surface area contributed by atoms with Crippen LogP contribution in [0.1, 0.15) is 28.8 Å². The minimum absolute atomic E-state index is 0.0626. The summed E-state index contributed by atoms with van der Waals surface area (Å²) in [6.07, 6.45) is 4.22. The fraction of sp³-hybridized carbons (Fsp3) is 0.207. The molecule has 0 amide bonds. The highest BCUT2D eigenvalue weighted by atomic mass is 19.1. The van der Waals surface area contributed by atoms with Gasteiger partial charge in [0.05, 0.1) is 11.3 Å². The van der Waals surface area contributed by atoms with Gasteiger partial charge in [-0.05, 0) is 66.8 Å². The Hall–Kier alpha value is -4.97. The van der Waals surface area contributed by atoms with Gasteiger partial charge >= 0.3 is 0 Å². The van der Waals surface area contributed by atoms with Crippen LogP contribution in [-0.4, -0.2) is 48.5 Å². The molecule has 0 bridgehead atoms. The molecule has 0 unspecified atom stereocenters. The van der Waals surface area contributed by atoms with Crippen LogP contribution in [0.5, 0.6) is 11.5 Å². The Balaban J connectivity index is 1.19. The first kappa shape index (κ1) is 26.3. The molecule has 3 heterocycles. The number of ketones is 1. The van der Waals surface area contributed by atoms with E-state index in [9.17, 15) is 19.1 Å². The quantitative estimate of drug-likeness (QED) is 0.229. The fourth-order valence-electron chi connectivity index (χ4n) is 4.83. The summed E-state index contributed by atoms with van der Waals surface area (Å²) < 4.78 is 35.3. The Kier molecular flexibility index (Phi) is 6.98. The second-order valence-electron chi connectivity index (χ2n) is 9.87. The number of halogens is 2. The van der Waals surface area contributed by atoms with Crippen molar-refractivity contribution in [3.63, 3.8) is 0 Å². The Morgan fingerprint density at radius 2 is 1.88 bits per heavy atom. The number of hydrogen-bond donors (Lipinski definition) is 3. The van der Waals surface area contributed by atoms with Crippen molar-refractivity contribution >= 4 is 22.6 Å². The van der Waals surface area contributed by atoms with Gasteiger partial charge < -0.3 is 15.2 Å². The zero-order valence-corrected chi connectivity index (χ0v) is 21.6. The van der Waals surface area contributed by atoms with E-state index in [1.165, 1.54) is 54.9 Å². The van der Waals surface area contributed by atoms with Gasteiger partial charge in [-0.1, -0.05) is 6.07 Å². The maximum Gasteiger partial charge on any atom is 0.282 e. The summed E-state index contributed by atoms with van der Waals surface area (Å²) in [5, 5.41) is 24.3. The van der Waals surface area contributed by atoms with Crippen molar-refractivity contribution in [3.05, 3.63) is 100 Å². The number of nitrogens with zero attached hydrogens (tertiary/aromatic N) is 4. The maximum absolute atomic E-state index is 15.1. The number of aromatic nitrogens is 5. The van der Waals surface area contributed by atoms with Crippen LogP contribution >= 0.6 is 0 Å². The number of benzene rings is 2. The van der Waals surface area contributed by atoms with Crippen LogP contribution in [0.3, 0.4) is 0 Å². The molecular weight excluding hydrogens is 534 g/mol. The predicted molar refractivity (Wildman–Crippen MR) is 145 cm³/mol. The van der Waals surface area contributed by atoms with Gasteiger partial charge in [-0.2, -0.15) is 14.9 Å². The number of aromatic amines is 1. The fourth-order valence-corrected chi connectivity index (χ4v) is 4.83. The molecule has 5 aromatic rings. The van der Waals surface area contributed by atoms with Gasteiger partial charge in [-0.15, -0.1) is 0 Å². The van der Waals surface area contributed by atoms with E-state index in [0.29, 0.717) is 33.9 Å². The number of ether oxygens (including phenoxy) is 1. The molecule has 12 heteroatoms. The van der Waals surface area contributed by atoms with Crippen LogP contribution in [0.2, 0.25) is 0 Å². The molecule has 1 aliphatic rings. The zero-order chi connectivity index (χ0) is 28.5. The second kappa shape index (κ2) is 10.9. The molecular formula is C29H24F2N6O4. The van der Waals surface area contributed by atoms with Crippen molar-refractivity contribution in [2.45, 2.75) is 25.3 Å². The Morgan fingerprint density at radius 3 is 2.63 bits per heavy atom. The van der Waals surface area contributed by atoms with Gasteiger partial charge in [0, 0.05) is 37.5 Å². The lowest BCUT2D eigenvalue weighted by Crippen LogP contribution is -2.37. The SMILES string of the molecule is O=C(Cc1ccc(Oc2ccnc3[nH]nc(NC4CC(CO)C4)c23)c(F)c1)c1ccnn(-c2ccc(F)cc2)c1=O. The van der Waals surface area contributed by atoms with Crippen molar-refractivity contribution in [3.8, 4) is 17.2 Å². The van der Waals surface area contributed by atoms with E-state index >= 15 is 4.39 Å². The summed E-state index contributed by atoms with van der Waals surface area (Å²) in [4.78, 5) is 30.1. The molecule has 3 aromatic heterocycles. The number of carbonyl (C=O) groups excluding carboxylic acids is 1. The number of carbonyl (C=O) groups is 1. The zero-order valence-electron chi connectivity index (χ0n) is 21.6. The van der Waals surface area contributed by atoms with E-state index < -0.39 is 23.0 Å². The standard InChI is InChI=1S/C29H24F2N6O4/c30-18-2-4-20(5-3-18)37-29(40)21(7-10-33-37)23(39)14-16-1-6-24(22(31)13-16)41-25-8-9-32-27-26(25)28(36-35-27)34-19-11-17(12-19)15-38/h1-10,13,17,19,38H,11-12,14-15H2,(H2,32,34,35,36). The Labute approximate surface area is 231 Å². The lowest BCUT2D eigenvalue weighted by molar-refractivity contribution is 0.0991. The summed E-state index contributed by atoms with van der Waals surface area (Å²) in [5.41, 5.74) is 0.333. The lowest BCUT2D eigenvalue weighted by atomic mass is 9.81. The number of aliphatic hydroxyl groups excluding tert-OH is 1. The molecule has 3 N–H and O–H groups in total. The minimum atomic E-state index is -0.693. The Morgan fingerprint density at radius 1 is 1.07 bits per heavy atom. The molecule has 1 fully saturated rings. The van der Waals surface area contributed by atoms with Crippen LogP contribution < -0.4 is 15.6 Å². The highest BCUT2D eigenvalue weighted by Crippen LogP contribution is 2.36. The van der Waals surface area contributed by atoms with Gasteiger partial charge in [0.1, 0.15) is 17.0 Å². The third-order valence-electron chi connectivity index (χ3n) is 7.06. The summed E-state index contributed by atoms with van der Waals surface area (Å²) in [6.45, 7) is 0.146. The highest BCUT2D eigenvalue weighted by molar-refractivity contribution is 5.97. The molecule has 1 aliphatic carbocycles. The van der Waals surface area contributed by atoms with Crippen molar-refractivity contribution < 1.29 is 23.4 Å². The number of rotatable bonds is 9. The first-order valence-corrected chi connectivity index (χ1v) is 12.9. The van der Waals surface area contributed by atoms with Crippen LogP contribution in [0.15, 0.2) is 71.8 Å². The van der Waals surface area contributed by atoms with Crippen molar-refractivity contribution in [1.29, 1.82) is 0 Å². The summed E-state index contributed by atoms with van der Waals surface area (Å²) in [7, 11) is 0. The van der Waals surface area contributed by atoms with Gasteiger partial charge in [0.2, 0.25) is 0 Å². The second-order valence-corrected chi connectivity index (χ2v) is 9.87. The number of pyridine rings is 1. The maximum atomic E-state index is 15.1. The first-order valence-electron chi connectivity index (χ1n) is 12.9. The van der Waals surface area contributed by atoms with E-state index in [4.69, 9.17) is 4.74 Å². The molecule has 10 nitrogen and oxygen atoms in total. The number of aliphatic hydroxyl groups is 1. The number of fused-ring (bicyclic) bond motifs is 1. The topological polar surface area (TPSA) is 135 Å². The molecule has 0 atom stereocenters. The number of nitrogens with one attached hydrogen (secondary N) is 2. The predicted octanol–water partition coefficient (Wildman–Crippen LogP) is 4.18. The average molecular weight is 559 g/mol. The molecule has 6 rings (SSSR count). The van der Waals surface area contributed by atoms with E-state index in [0.717, 1.165) is 17.5 Å². The normalized spacial score (nSPS) is 16.4. The van der Waals surface area contributed by atoms with Gasteiger partial charge in [-0.25, -0.2) is 13.8 Å². The van der Waals surface area contributed by atoms with E-state index in [-0.39, 0.29) is 36.3 Å². The first-order chi connectivity index (χ1) is 19.9. The smallest absolute Gasteiger partial charge is 0.282 e. The van der Waals surface area contributed by atoms with Crippen LogP contribution in [0.4, 0.5) is 14.6 Å². The van der Waals surface area contributed by atoms with E-state index in [1.807, 2.05) is 0 Å². The molecule has 208 valence electrons. The molecule has 0 radical (unpaired) electrons. The van der Waals surface area contributed by atoms with E-state index in [2.05, 4.69) is 25.6 Å². The number of Topliss-reactive ketones (excluding diaryl/α,β-unsaturated/α-hetero) is 1. The average Bonchev–Trinajstić information content (AvgIpc) is 3.36. The molecule has 1 saturated carbocycles. The van der Waals surface area contributed by atoms with Crippen molar-refractivity contribution in [2.75, 3.05) is 11.9 Å². The minimum Gasteiger partial charge on any atom is -0.453 e. The van der Waals surface area contributed by atoms with Crippen LogP contribution in [0, 0.1) is 17.6 Å². The molecule has 2 aromatic carbocycles. The Bertz CT molecular complexity index is 1800. The summed E-state index contributed by atoms with van der Waals surface area (Å²) in [5.74, 6) is -0.620. The molecule has 0 saturated heterocycles. The number of hydrogen-bond acceptors (Lipinski definition) is 8. The summed E-state index contributed by atoms with van der Waals surface area (Å²) >= 11 is 0. The van der Waals surface area contributed by atoms with E-state index in [1.54, 1.807) is 12.1 Å². The summed E-state index contributed by atoms with van der Waals surface area (Å²) in [6, 6.07) is 12.3. The van der Waals surface area contributed by atoms with Gasteiger partial charge in [0.25, 0.3) is 5.56 Å². The lowest BCUT2D eigenvalue weighted by Gasteiger charge is -2.34. The molecule has 0 spiro atoms. The van der Waals surface area contributed by atoms with Crippen LogP contribution in [0.25, 0.3) is 16.7 Å². The monoisotopic (exact) mass is 558 g/mol. The van der Waals surface area contributed by atoms with Crippen LogP contribution in [-0.2, 0) is 6.42 Å². The largest absolute Gasteiger partial charge is 0.453 e. The van der Waals surface area contributed by atoms with Gasteiger partial charge in [-0.3, -0.25) is 14.7 Å². The highest BCUT2D eigenvalue weighted by Gasteiger charge is 2.29.